The summed E-state index contributed by atoms with van der Waals surface area (Å²) in [6.45, 7) is 13.6. The summed E-state index contributed by atoms with van der Waals surface area (Å²) in [5, 5.41) is 18.0. The highest BCUT2D eigenvalue weighted by Crippen LogP contribution is 2.21. The number of nitrogens with zero attached hydrogens (tertiary/aromatic N) is 3. The molecule has 53 heavy (non-hydrogen) atoms. The Morgan fingerprint density at radius 3 is 2.40 bits per heavy atom. The number of carbonyl (C=O) groups excluding carboxylic acids is 2. The maximum Gasteiger partial charge on any atom is 0.326 e. The average Bonchev–Trinajstić information content (AvgIpc) is 3.54. The van der Waals surface area contributed by atoms with Crippen molar-refractivity contribution in [3.63, 3.8) is 0 Å². The first kappa shape index (κ1) is 43.3. The van der Waals surface area contributed by atoms with E-state index in [1.807, 2.05) is 33.9 Å². The Kier molecular flexibility index (Phi) is 18.6. The minimum atomic E-state index is -1.04. The highest BCUT2D eigenvalue weighted by atomic mass is 32.2. The number of benzene rings is 2. The summed E-state index contributed by atoms with van der Waals surface area (Å²) in [5.41, 5.74) is 5.82. The van der Waals surface area contributed by atoms with Crippen LogP contribution in [0.5, 0.6) is 0 Å². The highest BCUT2D eigenvalue weighted by Gasteiger charge is 2.26. The largest absolute Gasteiger partial charge is 0.480 e. The molecule has 3 aromatic rings. The van der Waals surface area contributed by atoms with E-state index in [9.17, 15) is 19.5 Å². The standard InChI is InChI=1S/C43H61N5O4S/c1-8-34(6)40(46-41(49)24-37-25-44-30-48(37)26-33(5)17-12-16-32(4)15-11-14-31(2)3)28-47(29-42(50)45-39(43(51)52)22-23-53-7)27-36-20-13-19-35-18-9-10-21-38(35)36/h9-10,13-14,16,18-21,25-26,30,34,39-40H,8,11-12,15,17,22-24,27-29H2,1-7H3,(H,45,50)(H,46,49)(H,51,52)/b32-16+,33-26+/t34-,39-,40+/m0/s1. The number of hydrogen-bond donors (Lipinski definition) is 3. The molecule has 288 valence electrons. The molecule has 0 aliphatic heterocycles. The normalized spacial score (nSPS) is 13.8. The number of imidazole rings is 1. The van der Waals surface area contributed by atoms with Crippen molar-refractivity contribution < 1.29 is 19.5 Å². The number of aromatic nitrogens is 2. The second-order valence-corrected chi connectivity index (χ2v) is 15.4. The van der Waals surface area contributed by atoms with Gasteiger partial charge in [-0.25, -0.2) is 9.78 Å². The topological polar surface area (TPSA) is 117 Å². The Morgan fingerprint density at radius 1 is 0.962 bits per heavy atom. The van der Waals surface area contributed by atoms with E-state index in [1.54, 1.807) is 24.3 Å². The second kappa shape index (κ2) is 22.8. The third kappa shape index (κ3) is 15.4. The molecule has 0 saturated carbocycles. The van der Waals surface area contributed by atoms with Crippen molar-refractivity contribution in [1.29, 1.82) is 0 Å². The third-order valence-corrected chi connectivity index (χ3v) is 10.2. The molecule has 9 nitrogen and oxygen atoms in total. The van der Waals surface area contributed by atoms with Crippen LogP contribution in [0.25, 0.3) is 17.0 Å². The predicted octanol–water partition coefficient (Wildman–Crippen LogP) is 8.27. The van der Waals surface area contributed by atoms with E-state index < -0.39 is 12.0 Å². The number of aliphatic carboxylic acids is 1. The van der Waals surface area contributed by atoms with Crippen LogP contribution in [0.4, 0.5) is 0 Å². The summed E-state index contributed by atoms with van der Waals surface area (Å²) in [5.74, 6) is -0.763. The minimum absolute atomic E-state index is 0.00388. The van der Waals surface area contributed by atoms with Crippen molar-refractivity contribution >= 4 is 46.5 Å². The lowest BCUT2D eigenvalue weighted by Crippen LogP contribution is -2.51. The van der Waals surface area contributed by atoms with Gasteiger partial charge in [0.2, 0.25) is 11.8 Å². The van der Waals surface area contributed by atoms with E-state index in [-0.39, 0.29) is 36.7 Å². The smallest absolute Gasteiger partial charge is 0.326 e. The summed E-state index contributed by atoms with van der Waals surface area (Å²) in [6.07, 6.45) is 17.4. The lowest BCUT2D eigenvalue weighted by Gasteiger charge is -2.31. The van der Waals surface area contributed by atoms with Crippen LogP contribution in [-0.2, 0) is 27.3 Å². The zero-order chi connectivity index (χ0) is 38.8. The number of hydrogen-bond acceptors (Lipinski definition) is 6. The summed E-state index contributed by atoms with van der Waals surface area (Å²) < 4.78 is 1.94. The molecule has 3 rings (SSSR count). The van der Waals surface area contributed by atoms with Crippen molar-refractivity contribution in [1.82, 2.24) is 25.1 Å². The van der Waals surface area contributed by atoms with Gasteiger partial charge in [-0.05, 0) is 94.1 Å². The van der Waals surface area contributed by atoms with Gasteiger partial charge >= 0.3 is 5.97 Å². The van der Waals surface area contributed by atoms with Crippen LogP contribution in [-0.4, -0.2) is 74.5 Å². The molecule has 0 fully saturated rings. The summed E-state index contributed by atoms with van der Waals surface area (Å²) in [7, 11) is 0. The molecule has 3 atom stereocenters. The molecule has 1 heterocycles. The Morgan fingerprint density at radius 2 is 1.68 bits per heavy atom. The molecule has 0 bridgehead atoms. The van der Waals surface area contributed by atoms with Crippen molar-refractivity contribution in [2.24, 2.45) is 5.92 Å². The van der Waals surface area contributed by atoms with Gasteiger partial charge in [-0.15, -0.1) is 0 Å². The van der Waals surface area contributed by atoms with Crippen LogP contribution < -0.4 is 10.6 Å². The number of nitrogens with one attached hydrogen (secondary N) is 2. The van der Waals surface area contributed by atoms with Gasteiger partial charge in [-0.3, -0.25) is 14.5 Å². The first-order chi connectivity index (χ1) is 25.4. The fraction of sp³-hybridized carbons (Fsp3) is 0.488. The Balaban J connectivity index is 1.75. The van der Waals surface area contributed by atoms with E-state index in [0.29, 0.717) is 25.3 Å². The Bertz CT molecular complexity index is 1720. The SMILES string of the molecule is CC[C@H](C)[C@@H](CN(CC(=O)N[C@@H](CCSC)C(=O)O)Cc1cccc2ccccc12)NC(=O)Cc1cncn1/C=C(\C)CC/C=C(\C)CCC=C(C)C. The summed E-state index contributed by atoms with van der Waals surface area (Å²) in [4.78, 5) is 45.4. The number of fused-ring (bicyclic) bond motifs is 1. The fourth-order valence-corrected chi connectivity index (χ4v) is 6.74. The van der Waals surface area contributed by atoms with Gasteiger partial charge < -0.3 is 20.3 Å². The third-order valence-electron chi connectivity index (χ3n) is 9.59. The molecular formula is C43H61N5O4S. The summed E-state index contributed by atoms with van der Waals surface area (Å²) >= 11 is 1.54. The maximum absolute atomic E-state index is 13.7. The molecule has 0 radical (unpaired) electrons. The number of allylic oxidation sites excluding steroid dienone is 5. The minimum Gasteiger partial charge on any atom is -0.480 e. The zero-order valence-electron chi connectivity index (χ0n) is 32.9. The number of carbonyl (C=O) groups is 3. The molecule has 2 amide bonds. The van der Waals surface area contributed by atoms with Gasteiger partial charge in [-0.2, -0.15) is 11.8 Å². The van der Waals surface area contributed by atoms with E-state index in [1.165, 1.54) is 16.7 Å². The van der Waals surface area contributed by atoms with Crippen LogP contribution in [0, 0.1) is 5.92 Å². The van der Waals surface area contributed by atoms with Crippen molar-refractivity contribution in [3.05, 3.63) is 95.1 Å². The van der Waals surface area contributed by atoms with Crippen molar-refractivity contribution in [3.8, 4) is 0 Å². The fourth-order valence-electron chi connectivity index (χ4n) is 6.27. The van der Waals surface area contributed by atoms with Crippen LogP contribution in [0.2, 0.25) is 0 Å². The summed E-state index contributed by atoms with van der Waals surface area (Å²) in [6, 6.07) is 13.1. The highest BCUT2D eigenvalue weighted by molar-refractivity contribution is 7.98. The Hall–Kier alpha value is -4.15. The van der Waals surface area contributed by atoms with E-state index >= 15 is 0 Å². The van der Waals surface area contributed by atoms with E-state index in [0.717, 1.165) is 54.1 Å². The predicted molar refractivity (Wildman–Crippen MR) is 221 cm³/mol. The molecule has 10 heteroatoms. The average molecular weight is 744 g/mol. The number of carboxylic acids is 1. The molecule has 0 aliphatic carbocycles. The van der Waals surface area contributed by atoms with Gasteiger partial charge in [0.15, 0.2) is 0 Å². The molecule has 1 aromatic heterocycles. The van der Waals surface area contributed by atoms with Gasteiger partial charge in [0.1, 0.15) is 6.04 Å². The molecular weight excluding hydrogens is 683 g/mol. The quantitative estimate of drug-likeness (QED) is 0.0838. The molecule has 0 unspecified atom stereocenters. The van der Waals surface area contributed by atoms with Crippen LogP contribution in [0.15, 0.2) is 83.9 Å². The van der Waals surface area contributed by atoms with Crippen molar-refractivity contribution in [2.75, 3.05) is 25.1 Å². The lowest BCUT2D eigenvalue weighted by atomic mass is 9.97. The first-order valence-electron chi connectivity index (χ1n) is 18.9. The Labute approximate surface area is 321 Å². The van der Waals surface area contributed by atoms with Crippen LogP contribution >= 0.6 is 11.8 Å². The maximum atomic E-state index is 13.7. The molecule has 3 N–H and O–H groups in total. The monoisotopic (exact) mass is 743 g/mol. The molecule has 0 saturated heterocycles. The number of rotatable bonds is 23. The molecule has 0 aliphatic rings. The van der Waals surface area contributed by atoms with E-state index in [2.05, 4.69) is 99.8 Å². The zero-order valence-corrected chi connectivity index (χ0v) is 33.7. The lowest BCUT2D eigenvalue weighted by molar-refractivity contribution is -0.142. The number of amides is 2. The van der Waals surface area contributed by atoms with Gasteiger partial charge in [0, 0.05) is 31.5 Å². The molecule has 0 spiro atoms. The van der Waals surface area contributed by atoms with Gasteiger partial charge in [0.05, 0.1) is 25.0 Å². The molecule has 2 aromatic carbocycles. The number of carboxylic acid groups (broad SMARTS) is 1. The van der Waals surface area contributed by atoms with Crippen molar-refractivity contribution in [2.45, 2.75) is 105 Å². The van der Waals surface area contributed by atoms with Crippen LogP contribution in [0.1, 0.15) is 91.3 Å². The van der Waals surface area contributed by atoms with Gasteiger partial charge in [0.25, 0.3) is 0 Å². The van der Waals surface area contributed by atoms with Gasteiger partial charge in [-0.1, -0.05) is 91.6 Å². The second-order valence-electron chi connectivity index (χ2n) is 14.5. The van der Waals surface area contributed by atoms with E-state index in [4.69, 9.17) is 0 Å². The first-order valence-corrected chi connectivity index (χ1v) is 20.3. The number of thioether (sulfide) groups is 1. The van der Waals surface area contributed by atoms with Crippen LogP contribution in [0.3, 0.4) is 0 Å².